The molecule has 3 aromatic rings. The Balaban J connectivity index is 1.52. The van der Waals surface area contributed by atoms with Crippen molar-refractivity contribution < 1.29 is 0 Å². The molecular formula is C30H42N6. The Kier molecular flexibility index (Phi) is 7.94. The first-order chi connectivity index (χ1) is 17.1. The smallest absolute Gasteiger partial charge is 0.130 e. The van der Waals surface area contributed by atoms with E-state index < -0.39 is 0 Å². The average Bonchev–Trinajstić information content (AvgIpc) is 2.84. The normalized spacial score (nSPS) is 17.1. The molecule has 36 heavy (non-hydrogen) atoms. The zero-order valence-electron chi connectivity index (χ0n) is 22.8. The molecule has 1 aliphatic rings. The molecule has 0 spiro atoms. The molecule has 192 valence electrons. The van der Waals surface area contributed by atoms with Gasteiger partial charge in [-0.2, -0.15) is 0 Å². The van der Waals surface area contributed by atoms with Gasteiger partial charge in [-0.25, -0.2) is 9.97 Å². The third-order valence-electron chi connectivity index (χ3n) is 7.36. The van der Waals surface area contributed by atoms with Gasteiger partial charge in [0.2, 0.25) is 0 Å². The van der Waals surface area contributed by atoms with E-state index in [0.29, 0.717) is 6.04 Å². The zero-order valence-corrected chi connectivity index (χ0v) is 22.8. The number of nitrogens with zero attached hydrogens (tertiary/aromatic N) is 4. The van der Waals surface area contributed by atoms with Crippen molar-refractivity contribution in [2.75, 3.05) is 30.8 Å². The number of piperidine rings is 1. The van der Waals surface area contributed by atoms with Gasteiger partial charge in [0.15, 0.2) is 0 Å². The third kappa shape index (κ3) is 6.61. The summed E-state index contributed by atoms with van der Waals surface area (Å²) in [6.45, 7) is 13.6. The molecule has 1 aliphatic heterocycles. The summed E-state index contributed by atoms with van der Waals surface area (Å²) in [5.74, 6) is 1.82. The number of anilines is 3. The second kappa shape index (κ2) is 11.0. The molecule has 6 heteroatoms. The lowest BCUT2D eigenvalue weighted by Crippen LogP contribution is -2.40. The Bertz CT molecular complexity index is 1140. The molecule has 0 saturated carbocycles. The van der Waals surface area contributed by atoms with Crippen molar-refractivity contribution >= 4 is 17.3 Å². The van der Waals surface area contributed by atoms with E-state index >= 15 is 0 Å². The molecule has 1 unspecified atom stereocenters. The van der Waals surface area contributed by atoms with Gasteiger partial charge in [0.1, 0.15) is 11.6 Å². The van der Waals surface area contributed by atoms with Gasteiger partial charge in [-0.05, 0) is 90.7 Å². The molecule has 2 N–H and O–H groups in total. The van der Waals surface area contributed by atoms with Crippen molar-refractivity contribution in [2.45, 2.75) is 77.2 Å². The van der Waals surface area contributed by atoms with E-state index in [1.807, 2.05) is 18.3 Å². The molecule has 0 aromatic carbocycles. The SMILES string of the molecule is CN1CCCCC1CNc1cc(C(C)(C)C)c(CC(C)(C)c2ccnc(Nc3ccncc3)c2)cn1. The van der Waals surface area contributed by atoms with Crippen molar-refractivity contribution in [3.05, 3.63) is 71.8 Å². The number of nitrogens with one attached hydrogen (secondary N) is 2. The van der Waals surface area contributed by atoms with E-state index in [4.69, 9.17) is 4.98 Å². The number of aromatic nitrogens is 3. The summed E-state index contributed by atoms with van der Waals surface area (Å²) in [6, 6.07) is 11.0. The van der Waals surface area contributed by atoms with Gasteiger partial charge in [0, 0.05) is 43.1 Å². The highest BCUT2D eigenvalue weighted by atomic mass is 15.2. The molecular weight excluding hydrogens is 444 g/mol. The molecule has 0 amide bonds. The fourth-order valence-electron chi connectivity index (χ4n) is 5.12. The molecule has 4 rings (SSSR count). The molecule has 0 bridgehead atoms. The number of hydrogen-bond donors (Lipinski definition) is 2. The van der Waals surface area contributed by atoms with E-state index in [2.05, 4.69) is 91.6 Å². The lowest BCUT2D eigenvalue weighted by atomic mass is 9.75. The minimum atomic E-state index is -0.0843. The second-order valence-corrected chi connectivity index (χ2v) is 11.8. The van der Waals surface area contributed by atoms with Crippen LogP contribution >= 0.6 is 0 Å². The van der Waals surface area contributed by atoms with Gasteiger partial charge < -0.3 is 15.5 Å². The first kappa shape index (κ1) is 26.1. The predicted molar refractivity (Wildman–Crippen MR) is 150 cm³/mol. The van der Waals surface area contributed by atoms with Crippen LogP contribution in [0.3, 0.4) is 0 Å². The van der Waals surface area contributed by atoms with Gasteiger partial charge in [-0.1, -0.05) is 41.0 Å². The summed E-state index contributed by atoms with van der Waals surface area (Å²) in [5.41, 5.74) is 4.82. The predicted octanol–water partition coefficient (Wildman–Crippen LogP) is 6.33. The summed E-state index contributed by atoms with van der Waals surface area (Å²) in [6.07, 6.45) is 12.3. The molecule has 3 aromatic heterocycles. The van der Waals surface area contributed by atoms with Gasteiger partial charge in [-0.3, -0.25) is 4.98 Å². The molecule has 1 saturated heterocycles. The van der Waals surface area contributed by atoms with Gasteiger partial charge in [0.25, 0.3) is 0 Å². The summed E-state index contributed by atoms with van der Waals surface area (Å²) in [5, 5.41) is 7.03. The van der Waals surface area contributed by atoms with Crippen LogP contribution in [0.5, 0.6) is 0 Å². The molecule has 1 atom stereocenters. The number of pyridine rings is 3. The third-order valence-corrected chi connectivity index (χ3v) is 7.36. The monoisotopic (exact) mass is 486 g/mol. The fraction of sp³-hybridized carbons (Fsp3) is 0.500. The van der Waals surface area contributed by atoms with Crippen molar-refractivity contribution in [3.63, 3.8) is 0 Å². The Hall–Kier alpha value is -2.99. The Morgan fingerprint density at radius 2 is 1.72 bits per heavy atom. The lowest BCUT2D eigenvalue weighted by molar-refractivity contribution is 0.194. The summed E-state index contributed by atoms with van der Waals surface area (Å²) < 4.78 is 0. The van der Waals surface area contributed by atoms with Crippen LogP contribution in [0, 0.1) is 0 Å². The number of likely N-dealkylation sites (N-methyl/N-ethyl adjacent to an activating group) is 1. The van der Waals surface area contributed by atoms with E-state index in [1.54, 1.807) is 12.4 Å². The maximum Gasteiger partial charge on any atom is 0.130 e. The average molecular weight is 487 g/mol. The van der Waals surface area contributed by atoms with E-state index in [1.165, 1.54) is 42.5 Å². The second-order valence-electron chi connectivity index (χ2n) is 11.8. The van der Waals surface area contributed by atoms with Gasteiger partial charge in [0.05, 0.1) is 0 Å². The standard InChI is InChI=1S/C30H42N6/c1-29(2,3)26-18-27(34-21-25-9-7-8-16-36(25)6)33-20-22(26)19-30(4,5)23-10-15-32-28(17-23)35-24-11-13-31-14-12-24/h10-15,17-18,20,25H,7-9,16,19,21H2,1-6H3,(H,33,34)(H,31,32,35). The number of rotatable bonds is 8. The molecule has 0 radical (unpaired) electrons. The highest BCUT2D eigenvalue weighted by Gasteiger charge is 2.27. The highest BCUT2D eigenvalue weighted by Crippen LogP contribution is 2.34. The van der Waals surface area contributed by atoms with Crippen molar-refractivity contribution in [3.8, 4) is 0 Å². The van der Waals surface area contributed by atoms with Crippen LogP contribution in [0.4, 0.5) is 17.3 Å². The van der Waals surface area contributed by atoms with E-state index in [0.717, 1.165) is 30.3 Å². The topological polar surface area (TPSA) is 66.0 Å². The maximum absolute atomic E-state index is 4.85. The van der Waals surface area contributed by atoms with Crippen molar-refractivity contribution in [1.29, 1.82) is 0 Å². The van der Waals surface area contributed by atoms with Crippen LogP contribution in [-0.2, 0) is 17.3 Å². The Morgan fingerprint density at radius 1 is 0.944 bits per heavy atom. The highest BCUT2D eigenvalue weighted by molar-refractivity contribution is 5.56. The van der Waals surface area contributed by atoms with Crippen LogP contribution < -0.4 is 10.6 Å². The number of hydrogen-bond acceptors (Lipinski definition) is 6. The van der Waals surface area contributed by atoms with Crippen molar-refractivity contribution in [1.82, 2.24) is 19.9 Å². The van der Waals surface area contributed by atoms with E-state index in [9.17, 15) is 0 Å². The zero-order chi connectivity index (χ0) is 25.8. The van der Waals surface area contributed by atoms with Crippen LogP contribution in [0.25, 0.3) is 0 Å². The summed E-state index contributed by atoms with van der Waals surface area (Å²) in [4.78, 5) is 16.0. The summed E-state index contributed by atoms with van der Waals surface area (Å²) >= 11 is 0. The van der Waals surface area contributed by atoms with Crippen molar-refractivity contribution in [2.24, 2.45) is 0 Å². The largest absolute Gasteiger partial charge is 0.368 e. The molecule has 6 nitrogen and oxygen atoms in total. The first-order valence-corrected chi connectivity index (χ1v) is 13.2. The lowest BCUT2D eigenvalue weighted by Gasteiger charge is -2.33. The number of likely N-dealkylation sites (tertiary alicyclic amines) is 1. The van der Waals surface area contributed by atoms with Gasteiger partial charge in [-0.15, -0.1) is 0 Å². The molecule has 4 heterocycles. The quantitative estimate of drug-likeness (QED) is 0.388. The van der Waals surface area contributed by atoms with E-state index in [-0.39, 0.29) is 10.8 Å². The minimum absolute atomic E-state index is 0.0265. The van der Waals surface area contributed by atoms with Crippen LogP contribution in [0.2, 0.25) is 0 Å². The Labute approximate surface area is 217 Å². The maximum atomic E-state index is 4.85. The molecule has 1 fully saturated rings. The van der Waals surface area contributed by atoms with Gasteiger partial charge >= 0.3 is 0 Å². The van der Waals surface area contributed by atoms with Crippen LogP contribution in [-0.4, -0.2) is 46.0 Å². The van der Waals surface area contributed by atoms with Crippen LogP contribution in [0.1, 0.15) is 70.6 Å². The van der Waals surface area contributed by atoms with Crippen LogP contribution in [0.15, 0.2) is 55.1 Å². The first-order valence-electron chi connectivity index (χ1n) is 13.2. The summed E-state index contributed by atoms with van der Waals surface area (Å²) in [7, 11) is 2.24. The molecule has 0 aliphatic carbocycles. The minimum Gasteiger partial charge on any atom is -0.368 e. The Morgan fingerprint density at radius 3 is 2.44 bits per heavy atom. The fourth-order valence-corrected chi connectivity index (χ4v) is 5.12.